The zero-order valence-corrected chi connectivity index (χ0v) is 16.6. The van der Waals surface area contributed by atoms with E-state index in [9.17, 15) is 23.4 Å². The standard InChI is InChI=1S/C21H21F3N4O3/c1-9-26-7-12-14(23)8-28(21(12)27-9)15-5-17(20(30)19(15)29)31-16-4-13(22)18(24)10-2-3-25-6-11(10)16/h4,7-8,15,17,19-20,25,29-30H,2-3,5-6H2,1H3/t15-,17+,19+,20-/m1/s1. The number of benzene rings is 1. The van der Waals surface area contributed by atoms with Gasteiger partial charge in [-0.2, -0.15) is 0 Å². The summed E-state index contributed by atoms with van der Waals surface area (Å²) in [7, 11) is 0. The van der Waals surface area contributed by atoms with Crippen LogP contribution < -0.4 is 10.1 Å². The molecule has 0 amide bonds. The first kappa shape index (κ1) is 20.2. The fourth-order valence-electron chi connectivity index (χ4n) is 4.53. The lowest BCUT2D eigenvalue weighted by Gasteiger charge is -2.25. The van der Waals surface area contributed by atoms with Crippen molar-refractivity contribution >= 4 is 11.0 Å². The molecule has 1 aliphatic carbocycles. The summed E-state index contributed by atoms with van der Waals surface area (Å²) < 4.78 is 50.0. The van der Waals surface area contributed by atoms with Gasteiger partial charge in [0, 0.05) is 42.6 Å². The Hall–Kier alpha value is -2.69. The Morgan fingerprint density at radius 1 is 1.16 bits per heavy atom. The molecule has 1 saturated carbocycles. The predicted molar refractivity (Wildman–Crippen MR) is 104 cm³/mol. The summed E-state index contributed by atoms with van der Waals surface area (Å²) >= 11 is 0. The Labute approximate surface area is 175 Å². The van der Waals surface area contributed by atoms with E-state index in [0.29, 0.717) is 36.5 Å². The maximum Gasteiger partial charge on any atom is 0.162 e. The van der Waals surface area contributed by atoms with Gasteiger partial charge in [-0.3, -0.25) is 0 Å². The summed E-state index contributed by atoms with van der Waals surface area (Å²) in [5.41, 5.74) is 1.05. The van der Waals surface area contributed by atoms with Crippen LogP contribution in [0.1, 0.15) is 29.4 Å². The smallest absolute Gasteiger partial charge is 0.162 e. The van der Waals surface area contributed by atoms with Crippen LogP contribution in [0.4, 0.5) is 13.2 Å². The monoisotopic (exact) mass is 434 g/mol. The normalized spacial score (nSPS) is 25.7. The average molecular weight is 434 g/mol. The number of fused-ring (bicyclic) bond motifs is 2. The fourth-order valence-corrected chi connectivity index (χ4v) is 4.53. The number of aliphatic hydroxyl groups excluding tert-OH is 2. The van der Waals surface area contributed by atoms with Crippen molar-refractivity contribution in [2.45, 2.75) is 50.7 Å². The zero-order valence-electron chi connectivity index (χ0n) is 16.6. The first-order valence-corrected chi connectivity index (χ1v) is 10.1. The van der Waals surface area contributed by atoms with Crippen LogP contribution in [-0.2, 0) is 13.0 Å². The van der Waals surface area contributed by atoms with E-state index in [4.69, 9.17) is 4.74 Å². The summed E-state index contributed by atoms with van der Waals surface area (Å²) in [6.45, 7) is 2.49. The SMILES string of the molecule is Cc1ncc2c(F)cn([C@@H]3C[C@H](Oc4cc(F)c(F)c5c4CNCC5)[C@@H](O)[C@H]3O)c2n1. The number of halogens is 3. The number of hydrogen-bond donors (Lipinski definition) is 3. The molecule has 10 heteroatoms. The minimum atomic E-state index is -1.31. The van der Waals surface area contributed by atoms with E-state index in [1.54, 1.807) is 6.92 Å². The van der Waals surface area contributed by atoms with Crippen LogP contribution in [0, 0.1) is 24.4 Å². The van der Waals surface area contributed by atoms with Gasteiger partial charge in [0.25, 0.3) is 0 Å². The molecule has 0 spiro atoms. The minimum absolute atomic E-state index is 0.121. The summed E-state index contributed by atoms with van der Waals surface area (Å²) in [6.07, 6.45) is -0.458. The maximum absolute atomic E-state index is 14.4. The van der Waals surface area contributed by atoms with Crippen molar-refractivity contribution in [3.63, 3.8) is 0 Å². The quantitative estimate of drug-likeness (QED) is 0.584. The lowest BCUT2D eigenvalue weighted by Crippen LogP contribution is -2.35. The number of aromatic nitrogens is 3. The molecule has 3 aromatic rings. The molecule has 2 aliphatic rings. The van der Waals surface area contributed by atoms with Gasteiger partial charge in [0.2, 0.25) is 0 Å². The lowest BCUT2D eigenvalue weighted by molar-refractivity contribution is -0.0167. The van der Waals surface area contributed by atoms with Crippen LogP contribution in [0.15, 0.2) is 18.5 Å². The highest BCUT2D eigenvalue weighted by atomic mass is 19.2. The number of aryl methyl sites for hydroxylation is 1. The topological polar surface area (TPSA) is 92.4 Å². The number of ether oxygens (including phenoxy) is 1. The first-order valence-electron chi connectivity index (χ1n) is 10.1. The molecule has 2 aromatic heterocycles. The molecular weight excluding hydrogens is 413 g/mol. The summed E-state index contributed by atoms with van der Waals surface area (Å²) in [4.78, 5) is 8.26. The molecule has 3 N–H and O–H groups in total. The van der Waals surface area contributed by atoms with Gasteiger partial charge in [-0.1, -0.05) is 0 Å². The van der Waals surface area contributed by atoms with E-state index in [1.165, 1.54) is 17.0 Å². The Balaban J connectivity index is 1.48. The molecule has 1 fully saturated rings. The molecule has 1 aliphatic heterocycles. The van der Waals surface area contributed by atoms with E-state index in [0.717, 1.165) is 6.07 Å². The average Bonchev–Trinajstić information content (AvgIpc) is 3.22. The molecule has 3 heterocycles. The van der Waals surface area contributed by atoms with E-state index in [2.05, 4.69) is 15.3 Å². The summed E-state index contributed by atoms with van der Waals surface area (Å²) in [6, 6.07) is 0.245. The van der Waals surface area contributed by atoms with Crippen molar-refractivity contribution < 1.29 is 28.1 Å². The molecular formula is C21H21F3N4O3. The van der Waals surface area contributed by atoms with Gasteiger partial charge >= 0.3 is 0 Å². The Bertz CT molecular complexity index is 1170. The van der Waals surface area contributed by atoms with Crippen molar-refractivity contribution in [2.75, 3.05) is 6.54 Å². The van der Waals surface area contributed by atoms with Gasteiger partial charge in [-0.05, 0) is 19.9 Å². The Morgan fingerprint density at radius 3 is 2.77 bits per heavy atom. The third-order valence-electron chi connectivity index (χ3n) is 6.13. The molecule has 5 rings (SSSR count). The van der Waals surface area contributed by atoms with Crippen molar-refractivity contribution in [2.24, 2.45) is 0 Å². The zero-order chi connectivity index (χ0) is 21.9. The molecule has 0 bridgehead atoms. The van der Waals surface area contributed by atoms with E-state index < -0.39 is 41.8 Å². The molecule has 7 nitrogen and oxygen atoms in total. The van der Waals surface area contributed by atoms with Crippen LogP contribution in [0.3, 0.4) is 0 Å². The van der Waals surface area contributed by atoms with Gasteiger partial charge in [-0.15, -0.1) is 0 Å². The highest BCUT2D eigenvalue weighted by molar-refractivity contribution is 5.76. The van der Waals surface area contributed by atoms with Gasteiger partial charge in [0.05, 0.1) is 11.4 Å². The van der Waals surface area contributed by atoms with Crippen molar-refractivity contribution in [3.05, 3.63) is 52.9 Å². The second-order valence-corrected chi connectivity index (χ2v) is 8.03. The molecule has 0 radical (unpaired) electrons. The summed E-state index contributed by atoms with van der Waals surface area (Å²) in [5.74, 6) is -1.89. The lowest BCUT2D eigenvalue weighted by atomic mass is 9.99. The van der Waals surface area contributed by atoms with Crippen molar-refractivity contribution in [3.8, 4) is 5.75 Å². The highest BCUT2D eigenvalue weighted by Gasteiger charge is 2.45. The van der Waals surface area contributed by atoms with Crippen molar-refractivity contribution in [1.29, 1.82) is 0 Å². The fraction of sp³-hybridized carbons (Fsp3) is 0.429. The molecule has 164 valence electrons. The number of aliphatic hydroxyl groups is 2. The number of nitrogens with zero attached hydrogens (tertiary/aromatic N) is 3. The number of rotatable bonds is 3. The Kier molecular flexibility index (Phi) is 4.87. The molecule has 1 aromatic carbocycles. The predicted octanol–water partition coefficient (Wildman–Crippen LogP) is 1.92. The third kappa shape index (κ3) is 3.26. The van der Waals surface area contributed by atoms with Crippen LogP contribution in [0.5, 0.6) is 5.75 Å². The van der Waals surface area contributed by atoms with Crippen LogP contribution in [0.25, 0.3) is 11.0 Å². The van der Waals surface area contributed by atoms with Crippen LogP contribution in [0.2, 0.25) is 0 Å². The largest absolute Gasteiger partial charge is 0.487 e. The molecule has 0 unspecified atom stereocenters. The Morgan fingerprint density at radius 2 is 1.97 bits per heavy atom. The number of hydrogen-bond acceptors (Lipinski definition) is 6. The third-order valence-corrected chi connectivity index (χ3v) is 6.13. The minimum Gasteiger partial charge on any atom is -0.487 e. The van der Waals surface area contributed by atoms with E-state index in [1.807, 2.05) is 0 Å². The van der Waals surface area contributed by atoms with Gasteiger partial charge < -0.3 is 24.8 Å². The van der Waals surface area contributed by atoms with Gasteiger partial charge in [-0.25, -0.2) is 23.1 Å². The number of nitrogens with one attached hydrogen (secondary N) is 1. The second-order valence-electron chi connectivity index (χ2n) is 8.03. The van der Waals surface area contributed by atoms with Gasteiger partial charge in [0.1, 0.15) is 35.5 Å². The van der Waals surface area contributed by atoms with E-state index >= 15 is 0 Å². The highest BCUT2D eigenvalue weighted by Crippen LogP contribution is 2.38. The first-order chi connectivity index (χ1) is 14.8. The summed E-state index contributed by atoms with van der Waals surface area (Å²) in [5, 5.41) is 24.6. The molecule has 4 atom stereocenters. The van der Waals surface area contributed by atoms with Crippen LogP contribution >= 0.6 is 0 Å². The van der Waals surface area contributed by atoms with Gasteiger partial charge in [0.15, 0.2) is 17.5 Å². The second kappa shape index (κ2) is 7.47. The van der Waals surface area contributed by atoms with E-state index in [-0.39, 0.29) is 23.1 Å². The maximum atomic E-state index is 14.4. The van der Waals surface area contributed by atoms with Crippen LogP contribution in [-0.4, -0.2) is 49.6 Å². The molecule has 0 saturated heterocycles. The molecule has 31 heavy (non-hydrogen) atoms. The van der Waals surface area contributed by atoms with Crippen molar-refractivity contribution in [1.82, 2.24) is 19.9 Å².